The lowest BCUT2D eigenvalue weighted by molar-refractivity contribution is -0.000468. The van der Waals surface area contributed by atoms with Crippen molar-refractivity contribution in [2.45, 2.75) is 52.1 Å². The molecule has 20 heavy (non-hydrogen) atoms. The minimum absolute atomic E-state index is 0.0491. The van der Waals surface area contributed by atoms with Gasteiger partial charge in [0.1, 0.15) is 6.10 Å². The van der Waals surface area contributed by atoms with E-state index in [1.54, 1.807) is 6.92 Å². The normalized spacial score (nSPS) is 17.9. The van der Waals surface area contributed by atoms with Gasteiger partial charge in [-0.05, 0) is 38.7 Å². The zero-order valence-corrected chi connectivity index (χ0v) is 12.1. The van der Waals surface area contributed by atoms with Gasteiger partial charge in [-0.3, -0.25) is 0 Å². The number of aromatic nitrogens is 2. The van der Waals surface area contributed by atoms with Gasteiger partial charge in [0.2, 0.25) is 0 Å². The average molecular weight is 278 g/mol. The number of carboxylic acid groups (broad SMARTS) is 1. The van der Waals surface area contributed by atoms with Gasteiger partial charge < -0.3 is 9.84 Å². The van der Waals surface area contributed by atoms with Gasteiger partial charge in [0.05, 0.1) is 0 Å². The largest absolute Gasteiger partial charge is 0.477 e. The van der Waals surface area contributed by atoms with Crippen LogP contribution in [0.25, 0.3) is 0 Å². The molecular formula is C15H22N2O3. The number of ether oxygens (including phenoxy) is 1. The van der Waals surface area contributed by atoms with E-state index >= 15 is 0 Å². The van der Waals surface area contributed by atoms with Gasteiger partial charge in [-0.15, -0.1) is 0 Å². The van der Waals surface area contributed by atoms with E-state index in [2.05, 4.69) is 9.97 Å². The van der Waals surface area contributed by atoms with E-state index < -0.39 is 5.97 Å². The van der Waals surface area contributed by atoms with Crippen molar-refractivity contribution in [1.29, 1.82) is 0 Å². The molecule has 110 valence electrons. The highest BCUT2D eigenvalue weighted by atomic mass is 16.5. The zero-order valence-electron chi connectivity index (χ0n) is 12.1. The SMILES string of the molecule is CCOC(c1nc(C)cc(C(=O)O)n1)C1CCCCC1. The minimum atomic E-state index is -1.02. The number of nitrogens with zero attached hydrogens (tertiary/aromatic N) is 2. The Bertz CT molecular complexity index is 470. The summed E-state index contributed by atoms with van der Waals surface area (Å²) in [4.78, 5) is 19.7. The van der Waals surface area contributed by atoms with Crippen LogP contribution in [0.4, 0.5) is 0 Å². The summed E-state index contributed by atoms with van der Waals surface area (Å²) in [6.45, 7) is 4.33. The molecule has 1 atom stereocenters. The van der Waals surface area contributed by atoms with Crippen molar-refractivity contribution in [2.24, 2.45) is 5.92 Å². The molecule has 1 N–H and O–H groups in total. The fourth-order valence-electron chi connectivity index (χ4n) is 2.87. The van der Waals surface area contributed by atoms with Crippen LogP contribution in [0.1, 0.15) is 67.1 Å². The molecule has 0 amide bonds. The fourth-order valence-corrected chi connectivity index (χ4v) is 2.87. The van der Waals surface area contributed by atoms with Gasteiger partial charge in [0.25, 0.3) is 0 Å². The predicted octanol–water partition coefficient (Wildman–Crippen LogP) is 3.14. The standard InChI is InChI=1S/C15H22N2O3/c1-3-20-13(11-7-5-4-6-8-11)14-16-10(2)9-12(17-14)15(18)19/h9,11,13H,3-8H2,1-2H3,(H,18,19). The van der Waals surface area contributed by atoms with Gasteiger partial charge >= 0.3 is 5.97 Å². The van der Waals surface area contributed by atoms with Crippen LogP contribution in [0.15, 0.2) is 6.07 Å². The number of hydrogen-bond acceptors (Lipinski definition) is 4. The molecular weight excluding hydrogens is 256 g/mol. The van der Waals surface area contributed by atoms with Crippen molar-refractivity contribution in [2.75, 3.05) is 6.61 Å². The Balaban J connectivity index is 2.30. The molecule has 1 aromatic rings. The molecule has 1 aliphatic rings. The van der Waals surface area contributed by atoms with Crippen LogP contribution in [0.2, 0.25) is 0 Å². The van der Waals surface area contributed by atoms with E-state index in [0.29, 0.717) is 24.0 Å². The number of aromatic carboxylic acids is 1. The third kappa shape index (κ3) is 3.54. The van der Waals surface area contributed by atoms with E-state index in [4.69, 9.17) is 9.84 Å². The smallest absolute Gasteiger partial charge is 0.354 e. The van der Waals surface area contributed by atoms with Crippen LogP contribution in [0, 0.1) is 12.8 Å². The van der Waals surface area contributed by atoms with Gasteiger partial charge in [-0.1, -0.05) is 19.3 Å². The maximum absolute atomic E-state index is 11.1. The summed E-state index contributed by atoms with van der Waals surface area (Å²) in [5, 5.41) is 9.12. The summed E-state index contributed by atoms with van der Waals surface area (Å²) in [5.74, 6) is -0.0982. The number of rotatable bonds is 5. The van der Waals surface area contributed by atoms with E-state index in [1.165, 1.54) is 25.3 Å². The first-order chi connectivity index (χ1) is 9.61. The second-order valence-electron chi connectivity index (χ2n) is 5.33. The lowest BCUT2D eigenvalue weighted by Gasteiger charge is -2.29. The molecule has 1 aliphatic carbocycles. The number of carboxylic acids is 1. The Labute approximate surface area is 119 Å². The van der Waals surface area contributed by atoms with Gasteiger partial charge in [-0.25, -0.2) is 14.8 Å². The lowest BCUT2D eigenvalue weighted by Crippen LogP contribution is -2.22. The molecule has 0 saturated heterocycles. The summed E-state index contributed by atoms with van der Waals surface area (Å²) in [5.41, 5.74) is 0.723. The first-order valence-electron chi connectivity index (χ1n) is 7.32. The Kier molecular flexibility index (Phi) is 5.06. The molecule has 0 aromatic carbocycles. The van der Waals surface area contributed by atoms with Crippen molar-refractivity contribution in [3.63, 3.8) is 0 Å². The molecule has 5 heteroatoms. The van der Waals surface area contributed by atoms with Crippen LogP contribution in [-0.2, 0) is 4.74 Å². The van der Waals surface area contributed by atoms with Gasteiger partial charge in [0, 0.05) is 12.3 Å². The number of carbonyl (C=O) groups is 1. The Morgan fingerprint density at radius 1 is 1.40 bits per heavy atom. The number of aryl methyl sites for hydroxylation is 1. The second kappa shape index (κ2) is 6.79. The Hall–Kier alpha value is -1.49. The Morgan fingerprint density at radius 3 is 2.70 bits per heavy atom. The lowest BCUT2D eigenvalue weighted by atomic mass is 9.85. The highest BCUT2D eigenvalue weighted by Gasteiger charge is 2.28. The molecule has 1 fully saturated rings. The first kappa shape index (κ1) is 14.9. The molecule has 1 heterocycles. The van der Waals surface area contributed by atoms with Crippen LogP contribution in [-0.4, -0.2) is 27.7 Å². The molecule has 0 bridgehead atoms. The molecule has 0 spiro atoms. The van der Waals surface area contributed by atoms with Crippen molar-refractivity contribution in [3.8, 4) is 0 Å². The maximum atomic E-state index is 11.1. The second-order valence-corrected chi connectivity index (χ2v) is 5.33. The van der Waals surface area contributed by atoms with Crippen molar-refractivity contribution < 1.29 is 14.6 Å². The van der Waals surface area contributed by atoms with E-state index in [1.807, 2.05) is 6.92 Å². The molecule has 0 radical (unpaired) electrons. The number of hydrogen-bond donors (Lipinski definition) is 1. The molecule has 0 aliphatic heterocycles. The highest BCUT2D eigenvalue weighted by molar-refractivity contribution is 5.85. The van der Waals surface area contributed by atoms with Crippen LogP contribution < -0.4 is 0 Å². The van der Waals surface area contributed by atoms with E-state index in [-0.39, 0.29) is 11.8 Å². The fraction of sp³-hybridized carbons (Fsp3) is 0.667. The first-order valence-corrected chi connectivity index (χ1v) is 7.32. The molecule has 2 rings (SSSR count). The average Bonchev–Trinajstić information content (AvgIpc) is 2.45. The third-order valence-electron chi connectivity index (χ3n) is 3.77. The van der Waals surface area contributed by atoms with Gasteiger partial charge in [-0.2, -0.15) is 0 Å². The monoisotopic (exact) mass is 278 g/mol. The third-order valence-corrected chi connectivity index (χ3v) is 3.77. The molecule has 5 nitrogen and oxygen atoms in total. The highest BCUT2D eigenvalue weighted by Crippen LogP contribution is 2.35. The maximum Gasteiger partial charge on any atom is 0.354 e. The van der Waals surface area contributed by atoms with Crippen LogP contribution >= 0.6 is 0 Å². The minimum Gasteiger partial charge on any atom is -0.477 e. The topological polar surface area (TPSA) is 72.3 Å². The summed E-state index contributed by atoms with van der Waals surface area (Å²) >= 11 is 0. The summed E-state index contributed by atoms with van der Waals surface area (Å²) in [7, 11) is 0. The van der Waals surface area contributed by atoms with E-state index in [0.717, 1.165) is 12.8 Å². The van der Waals surface area contributed by atoms with E-state index in [9.17, 15) is 4.79 Å². The Morgan fingerprint density at radius 2 is 2.10 bits per heavy atom. The molecule has 1 unspecified atom stereocenters. The van der Waals surface area contributed by atoms with Crippen LogP contribution in [0.5, 0.6) is 0 Å². The van der Waals surface area contributed by atoms with Crippen molar-refractivity contribution in [3.05, 3.63) is 23.3 Å². The molecule has 1 saturated carbocycles. The summed E-state index contributed by atoms with van der Waals surface area (Å²) in [6, 6.07) is 1.50. The summed E-state index contributed by atoms with van der Waals surface area (Å²) < 4.78 is 5.84. The summed E-state index contributed by atoms with van der Waals surface area (Å²) in [6.07, 6.45) is 5.69. The quantitative estimate of drug-likeness (QED) is 0.895. The predicted molar refractivity (Wildman–Crippen MR) is 74.7 cm³/mol. The van der Waals surface area contributed by atoms with Gasteiger partial charge in [0.15, 0.2) is 11.5 Å². The van der Waals surface area contributed by atoms with Crippen LogP contribution in [0.3, 0.4) is 0 Å². The molecule has 1 aromatic heterocycles. The van der Waals surface area contributed by atoms with Crippen molar-refractivity contribution >= 4 is 5.97 Å². The van der Waals surface area contributed by atoms with Crippen molar-refractivity contribution in [1.82, 2.24) is 9.97 Å². The zero-order chi connectivity index (χ0) is 14.5.